The Bertz CT molecular complexity index is 194. The van der Waals surface area contributed by atoms with Crippen LogP contribution in [0.5, 0.6) is 0 Å². The Balaban J connectivity index is 2.26. The van der Waals surface area contributed by atoms with Crippen molar-refractivity contribution in [1.29, 1.82) is 0 Å². The Kier molecular flexibility index (Phi) is 8.70. The van der Waals surface area contributed by atoms with E-state index in [4.69, 9.17) is 0 Å². The monoisotopic (exact) mass is 254 g/mol. The average Bonchev–Trinajstić information content (AvgIpc) is 2.38. The lowest BCUT2D eigenvalue weighted by Crippen LogP contribution is -2.43. The van der Waals surface area contributed by atoms with Crippen LogP contribution in [0.25, 0.3) is 0 Å². The first kappa shape index (κ1) is 16.0. The van der Waals surface area contributed by atoms with Gasteiger partial charge >= 0.3 is 0 Å². The molecule has 2 atom stereocenters. The van der Waals surface area contributed by atoms with Gasteiger partial charge in [0.1, 0.15) is 0 Å². The summed E-state index contributed by atoms with van der Waals surface area (Å²) >= 11 is 0. The zero-order valence-corrected chi connectivity index (χ0v) is 12.9. The van der Waals surface area contributed by atoms with Crippen LogP contribution in [0.15, 0.2) is 0 Å². The van der Waals surface area contributed by atoms with Crippen LogP contribution in [0.1, 0.15) is 65.2 Å². The van der Waals surface area contributed by atoms with E-state index in [2.05, 4.69) is 31.1 Å². The van der Waals surface area contributed by atoms with Crippen molar-refractivity contribution in [2.24, 2.45) is 5.92 Å². The van der Waals surface area contributed by atoms with Crippen molar-refractivity contribution >= 4 is 0 Å². The quantitative estimate of drug-likeness (QED) is 0.632. The molecule has 0 radical (unpaired) electrons. The van der Waals surface area contributed by atoms with Gasteiger partial charge in [0.2, 0.25) is 0 Å². The van der Waals surface area contributed by atoms with Gasteiger partial charge in [-0.15, -0.1) is 0 Å². The Labute approximate surface area is 115 Å². The minimum Gasteiger partial charge on any atom is -0.314 e. The van der Waals surface area contributed by atoms with Crippen molar-refractivity contribution < 1.29 is 0 Å². The molecule has 0 heterocycles. The fraction of sp³-hybridized carbons (Fsp3) is 1.00. The number of nitrogens with zero attached hydrogens (tertiary/aromatic N) is 1. The molecule has 1 aliphatic carbocycles. The van der Waals surface area contributed by atoms with Crippen molar-refractivity contribution in [3.8, 4) is 0 Å². The Morgan fingerprint density at radius 1 is 1.06 bits per heavy atom. The summed E-state index contributed by atoms with van der Waals surface area (Å²) in [5, 5.41) is 3.77. The van der Waals surface area contributed by atoms with Crippen LogP contribution in [0.4, 0.5) is 0 Å². The van der Waals surface area contributed by atoms with Gasteiger partial charge in [-0.2, -0.15) is 0 Å². The highest BCUT2D eigenvalue weighted by molar-refractivity contribution is 4.82. The smallest absolute Gasteiger partial charge is 0.0107 e. The van der Waals surface area contributed by atoms with Crippen molar-refractivity contribution in [2.75, 3.05) is 26.7 Å². The fourth-order valence-electron chi connectivity index (χ4n) is 3.15. The van der Waals surface area contributed by atoms with E-state index in [1.807, 2.05) is 0 Å². The highest BCUT2D eigenvalue weighted by Crippen LogP contribution is 2.25. The summed E-state index contributed by atoms with van der Waals surface area (Å²) in [6, 6.07) is 0.785. The standard InChI is InChI=1S/C16H34N2/c1-4-6-9-13-18(3)14-15-10-7-8-11-16(15)17-12-5-2/h15-17H,4-14H2,1-3H3. The molecule has 0 bridgehead atoms. The third kappa shape index (κ3) is 6.19. The van der Waals surface area contributed by atoms with Crippen LogP contribution in [0.3, 0.4) is 0 Å². The highest BCUT2D eigenvalue weighted by atomic mass is 15.1. The number of hydrogen-bond donors (Lipinski definition) is 1. The summed E-state index contributed by atoms with van der Waals surface area (Å²) in [6.07, 6.45) is 11.0. The van der Waals surface area contributed by atoms with Gasteiger partial charge in [-0.3, -0.25) is 0 Å². The van der Waals surface area contributed by atoms with Gasteiger partial charge in [-0.25, -0.2) is 0 Å². The number of nitrogens with one attached hydrogen (secondary N) is 1. The molecular weight excluding hydrogens is 220 g/mol. The van der Waals surface area contributed by atoms with Gasteiger partial charge in [0.25, 0.3) is 0 Å². The molecule has 108 valence electrons. The molecule has 18 heavy (non-hydrogen) atoms. The molecule has 0 aromatic carbocycles. The van der Waals surface area contributed by atoms with Gasteiger partial charge < -0.3 is 10.2 Å². The zero-order chi connectivity index (χ0) is 13.2. The lowest BCUT2D eigenvalue weighted by molar-refractivity contribution is 0.188. The SMILES string of the molecule is CCCCCN(C)CC1CCCCC1NCCC. The first-order chi connectivity index (χ1) is 8.77. The molecule has 1 rings (SSSR count). The molecular formula is C16H34N2. The van der Waals surface area contributed by atoms with E-state index in [9.17, 15) is 0 Å². The number of hydrogen-bond acceptors (Lipinski definition) is 2. The van der Waals surface area contributed by atoms with Gasteiger partial charge in [0.15, 0.2) is 0 Å². The first-order valence-corrected chi connectivity index (χ1v) is 8.19. The van der Waals surface area contributed by atoms with E-state index in [-0.39, 0.29) is 0 Å². The zero-order valence-electron chi connectivity index (χ0n) is 12.9. The Morgan fingerprint density at radius 2 is 1.83 bits per heavy atom. The summed E-state index contributed by atoms with van der Waals surface area (Å²) in [6.45, 7) is 8.32. The van der Waals surface area contributed by atoms with E-state index in [0.29, 0.717) is 0 Å². The van der Waals surface area contributed by atoms with Crippen LogP contribution in [-0.2, 0) is 0 Å². The average molecular weight is 254 g/mol. The summed E-state index contributed by atoms with van der Waals surface area (Å²) < 4.78 is 0. The van der Waals surface area contributed by atoms with Gasteiger partial charge in [-0.05, 0) is 51.7 Å². The molecule has 2 unspecified atom stereocenters. The largest absolute Gasteiger partial charge is 0.314 e. The van der Waals surface area contributed by atoms with E-state index in [0.717, 1.165) is 12.0 Å². The van der Waals surface area contributed by atoms with E-state index >= 15 is 0 Å². The van der Waals surface area contributed by atoms with Crippen molar-refractivity contribution in [3.05, 3.63) is 0 Å². The van der Waals surface area contributed by atoms with Crippen LogP contribution < -0.4 is 5.32 Å². The second kappa shape index (κ2) is 9.80. The molecule has 1 aliphatic rings. The maximum atomic E-state index is 3.77. The molecule has 2 heteroatoms. The predicted octanol–water partition coefficient (Wildman–Crippen LogP) is 3.67. The first-order valence-electron chi connectivity index (χ1n) is 8.19. The van der Waals surface area contributed by atoms with Crippen LogP contribution in [-0.4, -0.2) is 37.6 Å². The molecule has 0 aliphatic heterocycles. The van der Waals surface area contributed by atoms with Crippen LogP contribution in [0, 0.1) is 5.92 Å². The molecule has 0 aromatic heterocycles. The molecule has 2 nitrogen and oxygen atoms in total. The van der Waals surface area contributed by atoms with E-state index in [1.54, 1.807) is 0 Å². The van der Waals surface area contributed by atoms with Crippen LogP contribution >= 0.6 is 0 Å². The lowest BCUT2D eigenvalue weighted by atomic mass is 9.84. The Hall–Kier alpha value is -0.0800. The second-order valence-corrected chi connectivity index (χ2v) is 6.07. The minimum atomic E-state index is 0.785. The highest BCUT2D eigenvalue weighted by Gasteiger charge is 2.25. The topological polar surface area (TPSA) is 15.3 Å². The lowest BCUT2D eigenvalue weighted by Gasteiger charge is -2.35. The van der Waals surface area contributed by atoms with E-state index < -0.39 is 0 Å². The molecule has 1 saturated carbocycles. The second-order valence-electron chi connectivity index (χ2n) is 6.07. The predicted molar refractivity (Wildman–Crippen MR) is 81.1 cm³/mol. The molecule has 0 spiro atoms. The molecule has 0 aromatic rings. The summed E-state index contributed by atoms with van der Waals surface area (Å²) in [5.74, 6) is 0.886. The van der Waals surface area contributed by atoms with Crippen molar-refractivity contribution in [2.45, 2.75) is 71.3 Å². The van der Waals surface area contributed by atoms with Crippen molar-refractivity contribution in [1.82, 2.24) is 10.2 Å². The third-order valence-corrected chi connectivity index (χ3v) is 4.26. The van der Waals surface area contributed by atoms with Gasteiger partial charge in [-0.1, -0.05) is 39.5 Å². The maximum absolute atomic E-state index is 3.77. The fourth-order valence-corrected chi connectivity index (χ4v) is 3.15. The van der Waals surface area contributed by atoms with Crippen LogP contribution in [0.2, 0.25) is 0 Å². The van der Waals surface area contributed by atoms with E-state index in [1.165, 1.54) is 71.0 Å². The normalized spacial score (nSPS) is 24.7. The summed E-state index contributed by atoms with van der Waals surface area (Å²) in [7, 11) is 2.31. The minimum absolute atomic E-state index is 0.785. The Morgan fingerprint density at radius 3 is 2.56 bits per heavy atom. The molecule has 1 fully saturated rings. The van der Waals surface area contributed by atoms with Crippen molar-refractivity contribution in [3.63, 3.8) is 0 Å². The summed E-state index contributed by atoms with van der Waals surface area (Å²) in [5.41, 5.74) is 0. The number of unbranched alkanes of at least 4 members (excludes halogenated alkanes) is 2. The molecule has 0 amide bonds. The third-order valence-electron chi connectivity index (χ3n) is 4.26. The van der Waals surface area contributed by atoms with Gasteiger partial charge in [0.05, 0.1) is 0 Å². The summed E-state index contributed by atoms with van der Waals surface area (Å²) in [4.78, 5) is 2.56. The number of rotatable bonds is 9. The molecule has 1 N–H and O–H groups in total. The van der Waals surface area contributed by atoms with Gasteiger partial charge in [0, 0.05) is 12.6 Å². The maximum Gasteiger partial charge on any atom is 0.0107 e. The molecule has 0 saturated heterocycles.